The number of nitrogens with zero attached hydrogens (tertiary/aromatic N) is 2. The summed E-state index contributed by atoms with van der Waals surface area (Å²) < 4.78 is 11.1. The minimum atomic E-state index is -0.174. The van der Waals surface area contributed by atoms with Gasteiger partial charge in [-0.05, 0) is 61.4 Å². The summed E-state index contributed by atoms with van der Waals surface area (Å²) in [4.78, 5) is 14.8. The predicted octanol–water partition coefficient (Wildman–Crippen LogP) is 2.90. The third-order valence-electron chi connectivity index (χ3n) is 5.68. The van der Waals surface area contributed by atoms with Crippen molar-refractivity contribution in [2.45, 2.75) is 45.1 Å². The van der Waals surface area contributed by atoms with Crippen molar-refractivity contribution >= 4 is 5.91 Å². The number of aryl methyl sites for hydroxylation is 1. The second kappa shape index (κ2) is 7.62. The molecule has 1 atom stereocenters. The third-order valence-corrected chi connectivity index (χ3v) is 5.68. The number of aromatic nitrogens is 2. The van der Waals surface area contributed by atoms with E-state index in [2.05, 4.69) is 10.2 Å². The summed E-state index contributed by atoms with van der Waals surface area (Å²) in [6.07, 6.45) is 6.48. The largest absolute Gasteiger partial charge is 0.497 e. The maximum absolute atomic E-state index is 13.0. The number of amides is 1. The topological polar surface area (TPSA) is 67.5 Å². The van der Waals surface area contributed by atoms with Crippen LogP contribution in [0, 0.1) is 5.92 Å². The van der Waals surface area contributed by atoms with Gasteiger partial charge in [0, 0.05) is 12.7 Å². The number of benzene rings is 1. The van der Waals surface area contributed by atoms with Gasteiger partial charge in [-0.3, -0.25) is 9.89 Å². The molecule has 1 amide bonds. The van der Waals surface area contributed by atoms with Gasteiger partial charge in [0.15, 0.2) is 0 Å². The van der Waals surface area contributed by atoms with Crippen molar-refractivity contribution in [2.75, 3.05) is 20.8 Å². The minimum absolute atomic E-state index is 0.105. The van der Waals surface area contributed by atoms with E-state index in [-0.39, 0.29) is 11.8 Å². The van der Waals surface area contributed by atoms with Gasteiger partial charge in [0.05, 0.1) is 25.3 Å². The fraction of sp³-hybridized carbons (Fsp3) is 0.524. The van der Waals surface area contributed by atoms with Crippen molar-refractivity contribution in [3.63, 3.8) is 0 Å². The predicted molar refractivity (Wildman–Crippen MR) is 102 cm³/mol. The van der Waals surface area contributed by atoms with Crippen molar-refractivity contribution in [1.82, 2.24) is 15.1 Å². The Hall–Kier alpha value is -2.50. The van der Waals surface area contributed by atoms with E-state index in [0.29, 0.717) is 19.6 Å². The van der Waals surface area contributed by atoms with Crippen molar-refractivity contribution in [3.05, 3.63) is 40.7 Å². The summed E-state index contributed by atoms with van der Waals surface area (Å²) in [7, 11) is 3.51. The molecule has 1 unspecified atom stereocenters. The molecule has 0 radical (unpaired) electrons. The van der Waals surface area contributed by atoms with Crippen LogP contribution in [0.5, 0.6) is 11.5 Å². The van der Waals surface area contributed by atoms with E-state index in [4.69, 9.17) is 9.47 Å². The van der Waals surface area contributed by atoms with Gasteiger partial charge < -0.3 is 14.4 Å². The Bertz CT molecular complexity index is 830. The highest BCUT2D eigenvalue weighted by atomic mass is 16.5. The van der Waals surface area contributed by atoms with E-state index in [1.807, 2.05) is 25.2 Å². The first-order valence-corrected chi connectivity index (χ1v) is 9.75. The van der Waals surface area contributed by atoms with Crippen LogP contribution in [-0.2, 0) is 30.6 Å². The molecule has 6 nitrogen and oxygen atoms in total. The van der Waals surface area contributed by atoms with Crippen LogP contribution in [0.2, 0.25) is 0 Å². The first-order chi connectivity index (χ1) is 13.2. The second-order valence-electron chi connectivity index (χ2n) is 7.57. The molecule has 0 fully saturated rings. The Morgan fingerprint density at radius 1 is 1.33 bits per heavy atom. The average Bonchev–Trinajstić information content (AvgIpc) is 2.92. The van der Waals surface area contributed by atoms with Gasteiger partial charge in [-0.1, -0.05) is 6.42 Å². The summed E-state index contributed by atoms with van der Waals surface area (Å²) >= 11 is 0. The highest BCUT2D eigenvalue weighted by Crippen LogP contribution is 2.31. The first kappa shape index (κ1) is 17.9. The van der Waals surface area contributed by atoms with Crippen LogP contribution in [0.15, 0.2) is 18.2 Å². The molecular formula is C21H27N3O3. The van der Waals surface area contributed by atoms with Crippen molar-refractivity contribution < 1.29 is 14.3 Å². The van der Waals surface area contributed by atoms with Crippen LogP contribution < -0.4 is 9.47 Å². The number of ether oxygens (including phenoxy) is 2. The molecule has 0 spiro atoms. The Kier molecular flexibility index (Phi) is 5.05. The van der Waals surface area contributed by atoms with Crippen LogP contribution in [0.25, 0.3) is 0 Å². The number of aromatic amines is 1. The molecule has 0 saturated carbocycles. The Balaban J connectivity index is 1.44. The second-order valence-corrected chi connectivity index (χ2v) is 7.57. The Morgan fingerprint density at radius 2 is 2.19 bits per heavy atom. The Morgan fingerprint density at radius 3 is 3.04 bits per heavy atom. The normalized spacial score (nSPS) is 18.7. The highest BCUT2D eigenvalue weighted by molar-refractivity contribution is 5.79. The zero-order chi connectivity index (χ0) is 18.8. The SMILES string of the molecule is COc1ccc2c(c1)CC(C(=O)N(C)Cc1n[nH]c3c1CCCCC3)CO2. The number of hydrogen-bond donors (Lipinski definition) is 1. The number of methoxy groups -OCH3 is 1. The van der Waals surface area contributed by atoms with E-state index in [1.54, 1.807) is 12.0 Å². The summed E-state index contributed by atoms with van der Waals surface area (Å²) in [5.41, 5.74) is 4.62. The molecule has 144 valence electrons. The first-order valence-electron chi connectivity index (χ1n) is 9.75. The number of hydrogen-bond acceptors (Lipinski definition) is 4. The number of carbonyl (C=O) groups excluding carboxylic acids is 1. The summed E-state index contributed by atoms with van der Waals surface area (Å²) in [5.74, 6) is 1.57. The van der Waals surface area contributed by atoms with Crippen LogP contribution in [0.4, 0.5) is 0 Å². The fourth-order valence-corrected chi connectivity index (χ4v) is 4.13. The quantitative estimate of drug-likeness (QED) is 0.842. The van der Waals surface area contributed by atoms with Crippen molar-refractivity contribution in [3.8, 4) is 11.5 Å². The molecule has 6 heteroatoms. The molecule has 1 aromatic heterocycles. The number of rotatable bonds is 4. The summed E-state index contributed by atoms with van der Waals surface area (Å²) in [6, 6.07) is 5.76. The lowest BCUT2D eigenvalue weighted by molar-refractivity contribution is -0.136. The molecular weight excluding hydrogens is 342 g/mol. The number of carbonyl (C=O) groups is 1. The van der Waals surface area contributed by atoms with E-state index < -0.39 is 0 Å². The number of H-pyrrole nitrogens is 1. The minimum Gasteiger partial charge on any atom is -0.497 e. The molecule has 1 aromatic carbocycles. The zero-order valence-corrected chi connectivity index (χ0v) is 16.1. The molecule has 2 heterocycles. The highest BCUT2D eigenvalue weighted by Gasteiger charge is 2.29. The number of fused-ring (bicyclic) bond motifs is 2. The van der Waals surface area contributed by atoms with Gasteiger partial charge in [-0.15, -0.1) is 0 Å². The molecule has 1 N–H and O–H groups in total. The fourth-order valence-electron chi connectivity index (χ4n) is 4.13. The average molecular weight is 369 g/mol. The standard InChI is InChI=1S/C21H27N3O3/c1-24(12-19-17-6-4-3-5-7-18(17)22-23-19)21(25)15-10-14-11-16(26-2)8-9-20(14)27-13-15/h8-9,11,15H,3-7,10,12-13H2,1-2H3,(H,22,23). The monoisotopic (exact) mass is 369 g/mol. The van der Waals surface area contributed by atoms with Crippen molar-refractivity contribution in [1.29, 1.82) is 0 Å². The molecule has 4 rings (SSSR count). The van der Waals surface area contributed by atoms with Gasteiger partial charge in [0.1, 0.15) is 18.1 Å². The lowest BCUT2D eigenvalue weighted by Gasteiger charge is -2.28. The molecule has 2 aliphatic rings. The molecule has 1 aliphatic carbocycles. The van der Waals surface area contributed by atoms with Crippen LogP contribution in [-0.4, -0.2) is 41.8 Å². The van der Waals surface area contributed by atoms with Gasteiger partial charge in [0.25, 0.3) is 0 Å². The molecule has 2 aromatic rings. The number of nitrogens with one attached hydrogen (secondary N) is 1. The molecule has 27 heavy (non-hydrogen) atoms. The molecule has 0 saturated heterocycles. The van der Waals surface area contributed by atoms with Gasteiger partial charge >= 0.3 is 0 Å². The lowest BCUT2D eigenvalue weighted by atomic mass is 9.95. The van der Waals surface area contributed by atoms with E-state index in [0.717, 1.165) is 35.6 Å². The lowest BCUT2D eigenvalue weighted by Crippen LogP contribution is -2.38. The van der Waals surface area contributed by atoms with Crippen molar-refractivity contribution in [2.24, 2.45) is 5.92 Å². The Labute approximate surface area is 159 Å². The smallest absolute Gasteiger partial charge is 0.229 e. The maximum atomic E-state index is 13.0. The molecule has 0 bridgehead atoms. The van der Waals surface area contributed by atoms with E-state index in [1.165, 1.54) is 30.5 Å². The van der Waals surface area contributed by atoms with Gasteiger partial charge in [0.2, 0.25) is 5.91 Å². The van der Waals surface area contributed by atoms with E-state index >= 15 is 0 Å². The van der Waals surface area contributed by atoms with Gasteiger partial charge in [-0.2, -0.15) is 5.10 Å². The van der Waals surface area contributed by atoms with E-state index in [9.17, 15) is 4.79 Å². The van der Waals surface area contributed by atoms with Crippen LogP contribution in [0.1, 0.15) is 41.8 Å². The summed E-state index contributed by atoms with van der Waals surface area (Å²) in [6.45, 7) is 0.966. The zero-order valence-electron chi connectivity index (χ0n) is 16.1. The van der Waals surface area contributed by atoms with Crippen LogP contribution >= 0.6 is 0 Å². The third kappa shape index (κ3) is 3.66. The molecule has 1 aliphatic heterocycles. The van der Waals surface area contributed by atoms with Crippen LogP contribution in [0.3, 0.4) is 0 Å². The summed E-state index contributed by atoms with van der Waals surface area (Å²) in [5, 5.41) is 7.69. The maximum Gasteiger partial charge on any atom is 0.229 e. The van der Waals surface area contributed by atoms with Gasteiger partial charge in [-0.25, -0.2) is 0 Å².